The lowest BCUT2D eigenvalue weighted by molar-refractivity contribution is 0.102. The standard InChI is InChI=1S/C25H22ClN3O2/c1-18-7-2-3-9-21(18)16-29-14-13-24(28-29)27-25(30)20-10-6-8-19(15-20)17-31-23-12-5-4-11-22(23)26/h2-15H,16-17H2,1H3,(H,27,28,30). The molecule has 0 saturated carbocycles. The second-order valence-corrected chi connectivity index (χ2v) is 7.61. The molecule has 1 heterocycles. The van der Waals surface area contributed by atoms with Gasteiger partial charge in [-0.15, -0.1) is 0 Å². The van der Waals surface area contributed by atoms with E-state index in [0.29, 0.717) is 35.3 Å². The summed E-state index contributed by atoms with van der Waals surface area (Å²) in [7, 11) is 0. The molecule has 4 rings (SSSR count). The molecule has 0 atom stereocenters. The first-order chi connectivity index (χ1) is 15.1. The van der Waals surface area contributed by atoms with Crippen LogP contribution in [0.4, 0.5) is 5.82 Å². The number of para-hydroxylation sites is 1. The van der Waals surface area contributed by atoms with E-state index in [0.717, 1.165) is 5.56 Å². The molecular weight excluding hydrogens is 410 g/mol. The molecule has 3 aromatic carbocycles. The largest absolute Gasteiger partial charge is 0.487 e. The third-order valence-corrected chi connectivity index (χ3v) is 5.21. The van der Waals surface area contributed by atoms with Gasteiger partial charge in [0.15, 0.2) is 5.82 Å². The van der Waals surface area contributed by atoms with Gasteiger partial charge in [0.2, 0.25) is 0 Å². The first-order valence-electron chi connectivity index (χ1n) is 9.94. The Balaban J connectivity index is 1.39. The van der Waals surface area contributed by atoms with Crippen LogP contribution in [-0.2, 0) is 13.2 Å². The van der Waals surface area contributed by atoms with Crippen LogP contribution in [0.1, 0.15) is 27.0 Å². The minimum atomic E-state index is -0.222. The number of carbonyl (C=O) groups excluding carboxylic acids is 1. The fourth-order valence-corrected chi connectivity index (χ4v) is 3.38. The van der Waals surface area contributed by atoms with Crippen molar-refractivity contribution in [1.29, 1.82) is 0 Å². The minimum Gasteiger partial charge on any atom is -0.487 e. The van der Waals surface area contributed by atoms with E-state index in [2.05, 4.69) is 29.5 Å². The van der Waals surface area contributed by atoms with Crippen molar-refractivity contribution in [3.8, 4) is 5.75 Å². The van der Waals surface area contributed by atoms with Crippen LogP contribution in [0.2, 0.25) is 5.02 Å². The van der Waals surface area contributed by atoms with Gasteiger partial charge in [0.1, 0.15) is 12.4 Å². The van der Waals surface area contributed by atoms with E-state index in [1.165, 1.54) is 11.1 Å². The molecule has 0 aliphatic rings. The van der Waals surface area contributed by atoms with Crippen LogP contribution < -0.4 is 10.1 Å². The smallest absolute Gasteiger partial charge is 0.256 e. The summed E-state index contributed by atoms with van der Waals surface area (Å²) in [6, 6.07) is 24.6. The molecule has 0 saturated heterocycles. The zero-order valence-electron chi connectivity index (χ0n) is 17.1. The third kappa shape index (κ3) is 5.32. The Morgan fingerprint density at radius 3 is 2.68 bits per heavy atom. The molecule has 1 amide bonds. The Bertz CT molecular complexity index is 1200. The van der Waals surface area contributed by atoms with Crippen molar-refractivity contribution < 1.29 is 9.53 Å². The number of hydrogen-bond acceptors (Lipinski definition) is 3. The van der Waals surface area contributed by atoms with E-state index in [-0.39, 0.29) is 5.91 Å². The highest BCUT2D eigenvalue weighted by Gasteiger charge is 2.10. The van der Waals surface area contributed by atoms with Gasteiger partial charge < -0.3 is 10.1 Å². The number of nitrogens with zero attached hydrogens (tertiary/aromatic N) is 2. The lowest BCUT2D eigenvalue weighted by Crippen LogP contribution is -2.13. The van der Waals surface area contributed by atoms with Crippen LogP contribution >= 0.6 is 11.6 Å². The van der Waals surface area contributed by atoms with E-state index in [4.69, 9.17) is 16.3 Å². The normalized spacial score (nSPS) is 10.6. The highest BCUT2D eigenvalue weighted by molar-refractivity contribution is 6.32. The Morgan fingerprint density at radius 2 is 1.84 bits per heavy atom. The lowest BCUT2D eigenvalue weighted by atomic mass is 10.1. The summed E-state index contributed by atoms with van der Waals surface area (Å²) in [5.41, 5.74) is 3.81. The predicted octanol–water partition coefficient (Wildman–Crippen LogP) is 5.72. The van der Waals surface area contributed by atoms with E-state index in [1.54, 1.807) is 24.3 Å². The zero-order valence-corrected chi connectivity index (χ0v) is 17.8. The molecule has 31 heavy (non-hydrogen) atoms. The van der Waals surface area contributed by atoms with Crippen LogP contribution in [0.3, 0.4) is 0 Å². The lowest BCUT2D eigenvalue weighted by Gasteiger charge is -2.09. The van der Waals surface area contributed by atoms with Gasteiger partial charge in [0.05, 0.1) is 11.6 Å². The van der Waals surface area contributed by atoms with E-state index < -0.39 is 0 Å². The van der Waals surface area contributed by atoms with E-state index >= 15 is 0 Å². The van der Waals surface area contributed by atoms with Crippen LogP contribution in [0.25, 0.3) is 0 Å². The monoisotopic (exact) mass is 431 g/mol. The molecule has 1 aromatic heterocycles. The average molecular weight is 432 g/mol. The van der Waals surface area contributed by atoms with Gasteiger partial charge in [0, 0.05) is 17.8 Å². The molecule has 0 radical (unpaired) electrons. The SMILES string of the molecule is Cc1ccccc1Cn1ccc(NC(=O)c2cccc(COc3ccccc3Cl)c2)n1. The second-order valence-electron chi connectivity index (χ2n) is 7.20. The summed E-state index contributed by atoms with van der Waals surface area (Å²) in [6.45, 7) is 3.04. The number of hydrogen-bond donors (Lipinski definition) is 1. The summed E-state index contributed by atoms with van der Waals surface area (Å²) in [5, 5.41) is 7.88. The number of carbonyl (C=O) groups is 1. The zero-order chi connectivity index (χ0) is 21.6. The molecule has 0 bridgehead atoms. The molecule has 5 nitrogen and oxygen atoms in total. The fraction of sp³-hybridized carbons (Fsp3) is 0.120. The van der Waals surface area contributed by atoms with Crippen molar-refractivity contribution in [2.45, 2.75) is 20.1 Å². The van der Waals surface area contributed by atoms with Crippen molar-refractivity contribution in [3.63, 3.8) is 0 Å². The van der Waals surface area contributed by atoms with Crippen molar-refractivity contribution >= 4 is 23.3 Å². The summed E-state index contributed by atoms with van der Waals surface area (Å²) >= 11 is 6.13. The van der Waals surface area contributed by atoms with Gasteiger partial charge in [-0.25, -0.2) is 0 Å². The molecular formula is C25H22ClN3O2. The van der Waals surface area contributed by atoms with Crippen molar-refractivity contribution in [3.05, 3.63) is 112 Å². The maximum absolute atomic E-state index is 12.7. The second kappa shape index (κ2) is 9.49. The van der Waals surface area contributed by atoms with Crippen LogP contribution in [0.5, 0.6) is 5.75 Å². The Labute approximate surface area is 186 Å². The number of amides is 1. The van der Waals surface area contributed by atoms with Crippen molar-refractivity contribution in [1.82, 2.24) is 9.78 Å². The molecule has 6 heteroatoms. The number of nitrogens with one attached hydrogen (secondary N) is 1. The number of benzene rings is 3. The number of aryl methyl sites for hydroxylation is 1. The van der Waals surface area contributed by atoms with Crippen LogP contribution in [0, 0.1) is 6.92 Å². The van der Waals surface area contributed by atoms with Crippen molar-refractivity contribution in [2.24, 2.45) is 0 Å². The maximum Gasteiger partial charge on any atom is 0.256 e. The molecule has 0 fully saturated rings. The van der Waals surface area contributed by atoms with Crippen LogP contribution in [-0.4, -0.2) is 15.7 Å². The van der Waals surface area contributed by atoms with Gasteiger partial charge in [-0.05, 0) is 47.9 Å². The molecule has 0 aliphatic heterocycles. The maximum atomic E-state index is 12.7. The molecule has 0 aliphatic carbocycles. The topological polar surface area (TPSA) is 56.2 Å². The number of aromatic nitrogens is 2. The Hall–Kier alpha value is -3.57. The third-order valence-electron chi connectivity index (χ3n) is 4.90. The summed E-state index contributed by atoms with van der Waals surface area (Å²) in [5.74, 6) is 0.898. The Morgan fingerprint density at radius 1 is 1.03 bits per heavy atom. The highest BCUT2D eigenvalue weighted by atomic mass is 35.5. The Kier molecular flexibility index (Phi) is 6.34. The number of anilines is 1. The van der Waals surface area contributed by atoms with Crippen LogP contribution in [0.15, 0.2) is 85.1 Å². The van der Waals surface area contributed by atoms with Gasteiger partial charge >= 0.3 is 0 Å². The van der Waals surface area contributed by atoms with Gasteiger partial charge in [0.25, 0.3) is 5.91 Å². The highest BCUT2D eigenvalue weighted by Crippen LogP contribution is 2.24. The number of rotatable bonds is 7. The average Bonchev–Trinajstić information content (AvgIpc) is 3.22. The molecule has 156 valence electrons. The van der Waals surface area contributed by atoms with Crippen molar-refractivity contribution in [2.75, 3.05) is 5.32 Å². The minimum absolute atomic E-state index is 0.222. The first-order valence-corrected chi connectivity index (χ1v) is 10.3. The quantitative estimate of drug-likeness (QED) is 0.407. The van der Waals surface area contributed by atoms with E-state index in [1.807, 2.05) is 53.3 Å². The van der Waals surface area contributed by atoms with Gasteiger partial charge in [-0.1, -0.05) is 60.1 Å². The summed E-state index contributed by atoms with van der Waals surface area (Å²) < 4.78 is 7.58. The van der Waals surface area contributed by atoms with Gasteiger partial charge in [-0.3, -0.25) is 9.48 Å². The summed E-state index contributed by atoms with van der Waals surface area (Å²) in [4.78, 5) is 12.7. The number of halogens is 1. The van der Waals surface area contributed by atoms with Gasteiger partial charge in [-0.2, -0.15) is 5.10 Å². The molecule has 4 aromatic rings. The molecule has 1 N–H and O–H groups in total. The predicted molar refractivity (Wildman–Crippen MR) is 123 cm³/mol. The number of ether oxygens (including phenoxy) is 1. The summed E-state index contributed by atoms with van der Waals surface area (Å²) in [6.07, 6.45) is 1.86. The van der Waals surface area contributed by atoms with E-state index in [9.17, 15) is 4.79 Å². The molecule has 0 unspecified atom stereocenters. The fourth-order valence-electron chi connectivity index (χ4n) is 3.19. The first kappa shape index (κ1) is 20.7. The molecule has 0 spiro atoms.